The lowest BCUT2D eigenvalue weighted by Crippen LogP contribution is -2.32. The molecule has 214 valence electrons. The number of aromatic nitrogens is 1. The Morgan fingerprint density at radius 3 is 2.33 bits per heavy atom. The third kappa shape index (κ3) is 8.31. The van der Waals surface area contributed by atoms with Crippen molar-refractivity contribution in [2.75, 3.05) is 7.11 Å². The SMILES string of the molecule is COc1cc(C(C)C(=O)CCc2ccc(C(F)(F)F)nc2-c2cccc(C)c2)ccc1CNC(=O)OC(C)(C)C. The van der Waals surface area contributed by atoms with E-state index in [1.165, 1.54) is 13.2 Å². The molecule has 3 aromatic rings. The molecule has 0 spiro atoms. The number of carbonyl (C=O) groups is 2. The smallest absolute Gasteiger partial charge is 0.433 e. The Morgan fingerprint density at radius 2 is 1.70 bits per heavy atom. The van der Waals surface area contributed by atoms with Crippen LogP contribution < -0.4 is 10.1 Å². The van der Waals surface area contributed by atoms with Crippen molar-refractivity contribution in [1.29, 1.82) is 0 Å². The van der Waals surface area contributed by atoms with Gasteiger partial charge in [0, 0.05) is 30.0 Å². The van der Waals surface area contributed by atoms with Gasteiger partial charge in [-0.2, -0.15) is 13.2 Å². The number of nitrogens with one attached hydrogen (secondary N) is 1. The molecular formula is C31H35F3N2O4. The first kappa shape index (κ1) is 30.7. The number of hydrogen-bond acceptors (Lipinski definition) is 5. The number of methoxy groups -OCH3 is 1. The molecule has 6 nitrogen and oxygen atoms in total. The van der Waals surface area contributed by atoms with E-state index >= 15 is 0 Å². The van der Waals surface area contributed by atoms with Crippen LogP contribution in [-0.2, 0) is 28.7 Å². The molecule has 1 aromatic heterocycles. The van der Waals surface area contributed by atoms with Crippen LogP contribution in [0.2, 0.25) is 0 Å². The molecule has 0 aliphatic carbocycles. The van der Waals surface area contributed by atoms with Crippen LogP contribution in [0, 0.1) is 6.92 Å². The van der Waals surface area contributed by atoms with Crippen molar-refractivity contribution in [1.82, 2.24) is 10.3 Å². The van der Waals surface area contributed by atoms with E-state index in [1.54, 1.807) is 64.1 Å². The Labute approximate surface area is 232 Å². The van der Waals surface area contributed by atoms with E-state index in [0.717, 1.165) is 22.8 Å². The van der Waals surface area contributed by atoms with E-state index in [-0.39, 0.29) is 30.9 Å². The first-order valence-electron chi connectivity index (χ1n) is 13.0. The number of ketones is 1. The van der Waals surface area contributed by atoms with E-state index in [9.17, 15) is 22.8 Å². The molecule has 0 saturated heterocycles. The maximum atomic E-state index is 13.4. The van der Waals surface area contributed by atoms with Crippen LogP contribution in [0.4, 0.5) is 18.0 Å². The van der Waals surface area contributed by atoms with Crippen molar-refractivity contribution in [3.63, 3.8) is 0 Å². The van der Waals surface area contributed by atoms with Crippen LogP contribution in [0.5, 0.6) is 5.75 Å². The molecule has 3 rings (SSSR count). The molecule has 0 saturated carbocycles. The topological polar surface area (TPSA) is 77.5 Å². The predicted octanol–water partition coefficient (Wildman–Crippen LogP) is 7.41. The normalized spacial score (nSPS) is 12.5. The zero-order chi connectivity index (χ0) is 29.7. The molecule has 0 bridgehead atoms. The largest absolute Gasteiger partial charge is 0.496 e. The number of benzene rings is 2. The summed E-state index contributed by atoms with van der Waals surface area (Å²) < 4.78 is 50.9. The molecule has 9 heteroatoms. The molecule has 1 N–H and O–H groups in total. The maximum absolute atomic E-state index is 13.4. The number of ether oxygens (including phenoxy) is 2. The lowest BCUT2D eigenvalue weighted by atomic mass is 9.91. The van der Waals surface area contributed by atoms with Gasteiger partial charge in [-0.15, -0.1) is 0 Å². The highest BCUT2D eigenvalue weighted by atomic mass is 19.4. The number of alkyl halides is 3. The van der Waals surface area contributed by atoms with Crippen molar-refractivity contribution in [3.05, 3.63) is 82.5 Å². The van der Waals surface area contributed by atoms with Gasteiger partial charge < -0.3 is 14.8 Å². The summed E-state index contributed by atoms with van der Waals surface area (Å²) in [5, 5.41) is 2.69. The van der Waals surface area contributed by atoms with Crippen LogP contribution in [0.15, 0.2) is 54.6 Å². The number of nitrogens with zero attached hydrogens (tertiary/aromatic N) is 1. The van der Waals surface area contributed by atoms with Gasteiger partial charge in [0.1, 0.15) is 22.8 Å². The van der Waals surface area contributed by atoms with E-state index in [1.807, 2.05) is 13.0 Å². The number of pyridine rings is 1. The molecule has 1 amide bonds. The van der Waals surface area contributed by atoms with Gasteiger partial charge in [0.15, 0.2) is 0 Å². The average Bonchev–Trinajstić information content (AvgIpc) is 2.88. The zero-order valence-electron chi connectivity index (χ0n) is 23.6. The molecule has 40 heavy (non-hydrogen) atoms. The van der Waals surface area contributed by atoms with Crippen LogP contribution in [0.25, 0.3) is 11.3 Å². The summed E-state index contributed by atoms with van der Waals surface area (Å²) in [5.74, 6) is -0.0368. The van der Waals surface area contributed by atoms with Gasteiger partial charge in [0.25, 0.3) is 0 Å². The van der Waals surface area contributed by atoms with Crippen molar-refractivity contribution in [2.24, 2.45) is 0 Å². The third-order valence-corrected chi connectivity index (χ3v) is 6.32. The van der Waals surface area contributed by atoms with Crippen LogP contribution in [0.1, 0.15) is 68.0 Å². The first-order chi connectivity index (χ1) is 18.7. The first-order valence-corrected chi connectivity index (χ1v) is 13.0. The summed E-state index contributed by atoms with van der Waals surface area (Å²) in [6, 6.07) is 14.8. The van der Waals surface area contributed by atoms with Gasteiger partial charge >= 0.3 is 12.3 Å². The summed E-state index contributed by atoms with van der Waals surface area (Å²) in [6.07, 6.45) is -4.76. The maximum Gasteiger partial charge on any atom is 0.433 e. The molecule has 1 heterocycles. The van der Waals surface area contributed by atoms with Crippen molar-refractivity contribution < 1.29 is 32.2 Å². The highest BCUT2D eigenvalue weighted by Gasteiger charge is 2.33. The van der Waals surface area contributed by atoms with E-state index in [4.69, 9.17) is 9.47 Å². The molecule has 0 aliphatic rings. The average molecular weight is 557 g/mol. The number of alkyl carbamates (subject to hydrolysis) is 1. The predicted molar refractivity (Wildman–Crippen MR) is 147 cm³/mol. The van der Waals surface area contributed by atoms with Gasteiger partial charge in [-0.25, -0.2) is 9.78 Å². The highest BCUT2D eigenvalue weighted by Crippen LogP contribution is 2.33. The molecule has 1 unspecified atom stereocenters. The Balaban J connectivity index is 1.75. The Hall–Kier alpha value is -3.88. The Morgan fingerprint density at radius 1 is 1.00 bits per heavy atom. The lowest BCUT2D eigenvalue weighted by molar-refractivity contribution is -0.141. The molecular weight excluding hydrogens is 521 g/mol. The minimum atomic E-state index is -4.57. The third-order valence-electron chi connectivity index (χ3n) is 6.32. The molecule has 0 fully saturated rings. The number of aryl methyl sites for hydroxylation is 2. The standard InChI is InChI=1S/C31H35F3N2O4/c1-19-8-7-9-23(16-19)28-21(13-15-27(36-28)31(32,33)34)12-14-25(37)20(2)22-10-11-24(26(17-22)39-6)18-35-29(38)40-30(3,4)5/h7-11,13,15-17,20H,12,14,18H2,1-6H3,(H,35,38). The number of halogens is 3. The second-order valence-corrected chi connectivity index (χ2v) is 10.7. The van der Waals surface area contributed by atoms with Crippen molar-refractivity contribution >= 4 is 11.9 Å². The second kappa shape index (κ2) is 12.5. The van der Waals surface area contributed by atoms with Crippen molar-refractivity contribution in [3.8, 4) is 17.0 Å². The molecule has 0 radical (unpaired) electrons. The van der Waals surface area contributed by atoms with Crippen LogP contribution in [0.3, 0.4) is 0 Å². The highest BCUT2D eigenvalue weighted by molar-refractivity contribution is 5.86. The van der Waals surface area contributed by atoms with E-state index in [2.05, 4.69) is 10.3 Å². The van der Waals surface area contributed by atoms with Crippen molar-refractivity contribution in [2.45, 2.75) is 71.7 Å². The Kier molecular flexibility index (Phi) is 9.60. The summed E-state index contributed by atoms with van der Waals surface area (Å²) in [6.45, 7) is 9.15. The van der Waals surface area contributed by atoms with E-state index in [0.29, 0.717) is 16.9 Å². The minimum absolute atomic E-state index is 0.0724. The summed E-state index contributed by atoms with van der Waals surface area (Å²) in [5.41, 5.74) is 2.12. The number of rotatable bonds is 9. The van der Waals surface area contributed by atoms with Crippen LogP contribution >= 0.6 is 0 Å². The van der Waals surface area contributed by atoms with Gasteiger partial charge in [-0.3, -0.25) is 4.79 Å². The quantitative estimate of drug-likeness (QED) is 0.297. The summed E-state index contributed by atoms with van der Waals surface area (Å²) >= 11 is 0. The fourth-order valence-electron chi connectivity index (χ4n) is 4.21. The molecule has 1 atom stereocenters. The summed E-state index contributed by atoms with van der Waals surface area (Å²) in [7, 11) is 1.51. The minimum Gasteiger partial charge on any atom is -0.496 e. The monoisotopic (exact) mass is 556 g/mol. The molecule has 0 aliphatic heterocycles. The molecule has 2 aromatic carbocycles. The fraction of sp³-hybridized carbons (Fsp3) is 0.387. The van der Waals surface area contributed by atoms with E-state index < -0.39 is 29.5 Å². The van der Waals surface area contributed by atoms with Crippen LogP contribution in [-0.4, -0.2) is 29.6 Å². The second-order valence-electron chi connectivity index (χ2n) is 10.7. The van der Waals surface area contributed by atoms with Gasteiger partial charge in [-0.1, -0.05) is 48.9 Å². The number of Topliss-reactive ketones (excluding diaryl/α,β-unsaturated/α-hetero) is 1. The number of carbonyl (C=O) groups excluding carboxylic acids is 2. The van der Waals surface area contributed by atoms with Gasteiger partial charge in [-0.05, 0) is 63.4 Å². The van der Waals surface area contributed by atoms with Gasteiger partial charge in [0.2, 0.25) is 0 Å². The number of amides is 1. The van der Waals surface area contributed by atoms with Gasteiger partial charge in [0.05, 0.1) is 12.8 Å². The number of hydrogen-bond donors (Lipinski definition) is 1. The summed E-state index contributed by atoms with van der Waals surface area (Å²) in [4.78, 5) is 29.1. The lowest BCUT2D eigenvalue weighted by Gasteiger charge is -2.20. The fourth-order valence-corrected chi connectivity index (χ4v) is 4.21. The zero-order valence-corrected chi connectivity index (χ0v) is 23.6. The Bertz CT molecular complexity index is 1360.